The van der Waals surface area contributed by atoms with E-state index in [0.717, 1.165) is 5.75 Å². The lowest BCUT2D eigenvalue weighted by molar-refractivity contribution is 0.0601. The van der Waals surface area contributed by atoms with E-state index >= 15 is 0 Å². The van der Waals surface area contributed by atoms with E-state index in [-0.39, 0.29) is 5.56 Å². The van der Waals surface area contributed by atoms with E-state index in [1.807, 2.05) is 0 Å². The zero-order chi connectivity index (χ0) is 15.6. The van der Waals surface area contributed by atoms with Gasteiger partial charge in [-0.15, -0.1) is 0 Å². The number of nitrogens with two attached hydrogens (primary N) is 1. The summed E-state index contributed by atoms with van der Waals surface area (Å²) in [6.45, 7) is 0.552. The molecule has 116 valence electrons. The lowest BCUT2D eigenvalue weighted by Crippen LogP contribution is -2.47. The standard InChI is InChI=1S/C13H18N2O4S2/c1-19-13(16)10-7-9(14)3-4-11(10)15-5-6-20-8-12(15)21(2,17)18/h3-4,7,12H,5-6,8,14H2,1-2H3. The van der Waals surface area contributed by atoms with Crippen molar-refractivity contribution in [3.8, 4) is 0 Å². The first-order valence-electron chi connectivity index (χ1n) is 6.35. The molecule has 8 heteroatoms. The van der Waals surface area contributed by atoms with Gasteiger partial charge in [0, 0.05) is 30.0 Å². The highest BCUT2D eigenvalue weighted by Crippen LogP contribution is 2.31. The summed E-state index contributed by atoms with van der Waals surface area (Å²) in [5.41, 5.74) is 6.99. The third-order valence-corrected chi connectivity index (χ3v) is 5.96. The number of nitrogen functional groups attached to an aromatic ring is 1. The van der Waals surface area contributed by atoms with Crippen LogP contribution in [0.1, 0.15) is 10.4 Å². The Balaban J connectivity index is 2.50. The van der Waals surface area contributed by atoms with Crippen molar-refractivity contribution in [2.45, 2.75) is 5.37 Å². The lowest BCUT2D eigenvalue weighted by atomic mass is 10.1. The number of benzene rings is 1. The maximum absolute atomic E-state index is 12.0. The van der Waals surface area contributed by atoms with Gasteiger partial charge in [0.25, 0.3) is 0 Å². The van der Waals surface area contributed by atoms with Crippen LogP contribution in [0.4, 0.5) is 11.4 Å². The van der Waals surface area contributed by atoms with Gasteiger partial charge in [0.05, 0.1) is 18.4 Å². The third-order valence-electron chi connectivity index (χ3n) is 3.31. The van der Waals surface area contributed by atoms with E-state index in [1.54, 1.807) is 28.8 Å². The van der Waals surface area contributed by atoms with Gasteiger partial charge in [-0.05, 0) is 18.2 Å². The van der Waals surface area contributed by atoms with E-state index in [2.05, 4.69) is 0 Å². The van der Waals surface area contributed by atoms with Gasteiger partial charge in [-0.3, -0.25) is 0 Å². The predicted octanol–water partition coefficient (Wildman–Crippen LogP) is 0.979. The molecule has 2 N–H and O–H groups in total. The molecule has 0 amide bonds. The fourth-order valence-electron chi connectivity index (χ4n) is 2.29. The lowest BCUT2D eigenvalue weighted by Gasteiger charge is -2.36. The number of esters is 1. The minimum atomic E-state index is -3.26. The molecule has 1 aliphatic rings. The average Bonchev–Trinajstić information content (AvgIpc) is 2.45. The van der Waals surface area contributed by atoms with Crippen LogP contribution in [0.2, 0.25) is 0 Å². The molecule has 0 aromatic heterocycles. The molecule has 1 aromatic rings. The van der Waals surface area contributed by atoms with Gasteiger partial charge in [-0.2, -0.15) is 11.8 Å². The molecule has 0 spiro atoms. The minimum Gasteiger partial charge on any atom is -0.465 e. The van der Waals surface area contributed by atoms with Gasteiger partial charge < -0.3 is 15.4 Å². The van der Waals surface area contributed by atoms with Crippen LogP contribution in [0.3, 0.4) is 0 Å². The molecule has 1 fully saturated rings. The van der Waals surface area contributed by atoms with E-state index in [4.69, 9.17) is 10.5 Å². The molecule has 6 nitrogen and oxygen atoms in total. The Bertz CT molecular complexity index is 646. The molecule has 1 saturated heterocycles. The summed E-state index contributed by atoms with van der Waals surface area (Å²) in [4.78, 5) is 13.7. The number of anilines is 2. The predicted molar refractivity (Wildman–Crippen MR) is 85.5 cm³/mol. The zero-order valence-electron chi connectivity index (χ0n) is 11.9. The Morgan fingerprint density at radius 3 is 2.81 bits per heavy atom. The maximum Gasteiger partial charge on any atom is 0.340 e. The van der Waals surface area contributed by atoms with Crippen molar-refractivity contribution in [2.24, 2.45) is 0 Å². The summed E-state index contributed by atoms with van der Waals surface area (Å²) in [5.74, 6) is 0.753. The molecule has 21 heavy (non-hydrogen) atoms. The third kappa shape index (κ3) is 3.44. The molecule has 2 rings (SSSR count). The van der Waals surface area contributed by atoms with Crippen molar-refractivity contribution < 1.29 is 17.9 Å². The van der Waals surface area contributed by atoms with Gasteiger partial charge in [-0.25, -0.2) is 13.2 Å². The molecular formula is C13H18N2O4S2. The molecule has 1 aliphatic heterocycles. The van der Waals surface area contributed by atoms with Crippen LogP contribution in [-0.2, 0) is 14.6 Å². The van der Waals surface area contributed by atoms with Crippen molar-refractivity contribution in [2.75, 3.05) is 42.0 Å². The number of carbonyl (C=O) groups is 1. The molecule has 1 atom stereocenters. The monoisotopic (exact) mass is 330 g/mol. The fraction of sp³-hybridized carbons (Fsp3) is 0.462. The van der Waals surface area contributed by atoms with Crippen LogP contribution in [0.5, 0.6) is 0 Å². The highest BCUT2D eigenvalue weighted by Gasteiger charge is 2.33. The SMILES string of the molecule is COC(=O)c1cc(N)ccc1N1CCSCC1S(C)(=O)=O. The van der Waals surface area contributed by atoms with Crippen LogP contribution in [0.15, 0.2) is 18.2 Å². The van der Waals surface area contributed by atoms with Gasteiger partial charge >= 0.3 is 5.97 Å². The molecule has 1 aromatic carbocycles. The number of carbonyl (C=O) groups excluding carboxylic acids is 1. The Labute approximate surface area is 128 Å². The molecule has 0 aliphatic carbocycles. The van der Waals surface area contributed by atoms with E-state index in [1.165, 1.54) is 19.4 Å². The number of hydrogen-bond acceptors (Lipinski definition) is 7. The number of thioether (sulfide) groups is 1. The normalized spacial score (nSPS) is 19.3. The largest absolute Gasteiger partial charge is 0.465 e. The number of sulfone groups is 1. The van der Waals surface area contributed by atoms with Crippen LogP contribution in [0.25, 0.3) is 0 Å². The Morgan fingerprint density at radius 2 is 2.19 bits per heavy atom. The first kappa shape index (κ1) is 16.0. The van der Waals surface area contributed by atoms with Crippen LogP contribution < -0.4 is 10.6 Å². The van der Waals surface area contributed by atoms with Crippen LogP contribution in [-0.4, -0.2) is 51.2 Å². The molecule has 0 radical (unpaired) electrons. The van der Waals surface area contributed by atoms with Gasteiger partial charge in [0.2, 0.25) is 0 Å². The summed E-state index contributed by atoms with van der Waals surface area (Å²) >= 11 is 1.59. The summed E-state index contributed by atoms with van der Waals surface area (Å²) in [6.07, 6.45) is 1.21. The van der Waals surface area contributed by atoms with Crippen LogP contribution >= 0.6 is 11.8 Å². The summed E-state index contributed by atoms with van der Waals surface area (Å²) in [6, 6.07) is 4.85. The second-order valence-corrected chi connectivity index (χ2v) is 8.17. The molecule has 0 bridgehead atoms. The molecular weight excluding hydrogens is 312 g/mol. The second kappa shape index (κ2) is 6.15. The second-order valence-electron chi connectivity index (χ2n) is 4.82. The Kier molecular flexibility index (Phi) is 4.67. The van der Waals surface area contributed by atoms with E-state index in [0.29, 0.717) is 23.7 Å². The quantitative estimate of drug-likeness (QED) is 0.652. The van der Waals surface area contributed by atoms with Gasteiger partial charge in [-0.1, -0.05) is 0 Å². The minimum absolute atomic E-state index is 0.290. The first-order chi connectivity index (χ1) is 9.84. The highest BCUT2D eigenvalue weighted by atomic mass is 32.2. The van der Waals surface area contributed by atoms with Crippen LogP contribution in [0, 0.1) is 0 Å². The number of hydrogen-bond donors (Lipinski definition) is 1. The summed E-state index contributed by atoms with van der Waals surface area (Å²) in [7, 11) is -1.97. The van der Waals surface area contributed by atoms with Crippen molar-refractivity contribution in [1.29, 1.82) is 0 Å². The number of rotatable bonds is 3. The molecule has 1 heterocycles. The average molecular weight is 330 g/mol. The molecule has 0 saturated carbocycles. The van der Waals surface area contributed by atoms with E-state index < -0.39 is 21.2 Å². The highest BCUT2D eigenvalue weighted by molar-refractivity contribution is 8.01. The number of nitrogens with zero attached hydrogens (tertiary/aromatic N) is 1. The topological polar surface area (TPSA) is 89.7 Å². The smallest absolute Gasteiger partial charge is 0.340 e. The first-order valence-corrected chi connectivity index (χ1v) is 9.46. The summed E-state index contributed by atoms with van der Waals surface area (Å²) < 4.78 is 28.8. The molecule has 1 unspecified atom stereocenters. The van der Waals surface area contributed by atoms with Crippen molar-refractivity contribution in [3.63, 3.8) is 0 Å². The van der Waals surface area contributed by atoms with Crippen molar-refractivity contribution in [3.05, 3.63) is 23.8 Å². The number of methoxy groups -OCH3 is 1. The van der Waals surface area contributed by atoms with Gasteiger partial charge in [0.15, 0.2) is 9.84 Å². The van der Waals surface area contributed by atoms with Crippen molar-refractivity contribution in [1.82, 2.24) is 0 Å². The van der Waals surface area contributed by atoms with E-state index in [9.17, 15) is 13.2 Å². The summed E-state index contributed by atoms with van der Waals surface area (Å²) in [5, 5.41) is -0.650. The Morgan fingerprint density at radius 1 is 1.48 bits per heavy atom. The van der Waals surface area contributed by atoms with Gasteiger partial charge in [0.1, 0.15) is 5.37 Å². The maximum atomic E-state index is 12.0. The zero-order valence-corrected chi connectivity index (χ0v) is 13.5. The number of ether oxygens (including phenoxy) is 1. The Hall–Kier alpha value is -1.41. The fourth-order valence-corrected chi connectivity index (χ4v) is 5.12. The van der Waals surface area contributed by atoms with Crippen molar-refractivity contribution >= 4 is 38.9 Å².